The molecule has 0 spiro atoms. The van der Waals surface area contributed by atoms with E-state index in [0.29, 0.717) is 17.5 Å². The standard InChI is InChI=1S/C16H22N2O2S/c1-2-20-15(19)13-8-17-16(21-13)18-14-11-4-9-3-10(6-11)7-12(14)5-9/h8-12,14H,2-7H2,1H3,(H,17,18). The number of anilines is 1. The second-order valence-corrected chi connectivity index (χ2v) is 7.88. The van der Waals surface area contributed by atoms with Crippen LogP contribution in [0.15, 0.2) is 6.20 Å². The molecular weight excluding hydrogens is 284 g/mol. The van der Waals surface area contributed by atoms with Crippen LogP contribution in [0.2, 0.25) is 0 Å². The minimum Gasteiger partial charge on any atom is -0.462 e. The number of thiazole rings is 1. The molecule has 0 radical (unpaired) electrons. The van der Waals surface area contributed by atoms with Crippen LogP contribution < -0.4 is 5.32 Å². The van der Waals surface area contributed by atoms with E-state index in [1.54, 1.807) is 6.20 Å². The van der Waals surface area contributed by atoms with Crippen molar-refractivity contribution in [2.75, 3.05) is 11.9 Å². The fraction of sp³-hybridized carbons (Fsp3) is 0.750. The molecule has 1 heterocycles. The molecule has 4 fully saturated rings. The highest BCUT2D eigenvalue weighted by molar-refractivity contribution is 7.17. The van der Waals surface area contributed by atoms with E-state index in [1.165, 1.54) is 43.4 Å². The van der Waals surface area contributed by atoms with Gasteiger partial charge in [-0.25, -0.2) is 9.78 Å². The largest absolute Gasteiger partial charge is 0.462 e. The minimum absolute atomic E-state index is 0.256. The number of ether oxygens (including phenoxy) is 1. The molecule has 4 saturated carbocycles. The molecular formula is C16H22N2O2S. The molecule has 1 aromatic rings. The Morgan fingerprint density at radius 3 is 2.57 bits per heavy atom. The first kappa shape index (κ1) is 13.6. The lowest BCUT2D eigenvalue weighted by Crippen LogP contribution is -2.51. The van der Waals surface area contributed by atoms with Gasteiger partial charge in [0.1, 0.15) is 4.88 Å². The zero-order valence-corrected chi connectivity index (χ0v) is 13.2. The molecule has 114 valence electrons. The van der Waals surface area contributed by atoms with Crippen LogP contribution in [0, 0.1) is 23.7 Å². The average molecular weight is 306 g/mol. The van der Waals surface area contributed by atoms with Gasteiger partial charge in [0.2, 0.25) is 0 Å². The maximum atomic E-state index is 11.7. The second-order valence-electron chi connectivity index (χ2n) is 6.85. The number of hydrogen-bond donors (Lipinski definition) is 1. The summed E-state index contributed by atoms with van der Waals surface area (Å²) in [6.07, 6.45) is 8.67. The molecule has 0 unspecified atom stereocenters. The van der Waals surface area contributed by atoms with Crippen molar-refractivity contribution in [3.05, 3.63) is 11.1 Å². The predicted molar refractivity (Wildman–Crippen MR) is 82.5 cm³/mol. The van der Waals surface area contributed by atoms with Crippen LogP contribution in [0.3, 0.4) is 0 Å². The maximum absolute atomic E-state index is 11.7. The third kappa shape index (κ3) is 2.45. The lowest BCUT2D eigenvalue weighted by molar-refractivity contribution is 0.00753. The van der Waals surface area contributed by atoms with Gasteiger partial charge in [-0.2, -0.15) is 0 Å². The van der Waals surface area contributed by atoms with E-state index in [9.17, 15) is 4.79 Å². The molecule has 4 nitrogen and oxygen atoms in total. The molecule has 4 aliphatic carbocycles. The van der Waals surface area contributed by atoms with Crippen molar-refractivity contribution in [2.45, 2.75) is 45.1 Å². The van der Waals surface area contributed by atoms with Crippen LogP contribution in [0.25, 0.3) is 0 Å². The van der Waals surface area contributed by atoms with Crippen molar-refractivity contribution in [3.8, 4) is 0 Å². The normalized spacial score (nSPS) is 36.7. The highest BCUT2D eigenvalue weighted by atomic mass is 32.1. The molecule has 0 atom stereocenters. The van der Waals surface area contributed by atoms with Gasteiger partial charge in [-0.05, 0) is 62.7 Å². The van der Waals surface area contributed by atoms with Crippen molar-refractivity contribution in [2.24, 2.45) is 23.7 Å². The van der Waals surface area contributed by atoms with E-state index in [0.717, 1.165) is 28.8 Å². The fourth-order valence-electron chi connectivity index (χ4n) is 4.94. The second kappa shape index (κ2) is 5.27. The maximum Gasteiger partial charge on any atom is 0.350 e. The van der Waals surface area contributed by atoms with Crippen LogP contribution in [0.5, 0.6) is 0 Å². The number of nitrogens with one attached hydrogen (secondary N) is 1. The number of aromatic nitrogens is 1. The molecule has 0 amide bonds. The molecule has 21 heavy (non-hydrogen) atoms. The summed E-state index contributed by atoms with van der Waals surface area (Å²) < 4.78 is 5.03. The lowest BCUT2D eigenvalue weighted by Gasteiger charge is -2.54. The van der Waals surface area contributed by atoms with E-state index >= 15 is 0 Å². The summed E-state index contributed by atoms with van der Waals surface area (Å²) in [4.78, 5) is 16.7. The summed E-state index contributed by atoms with van der Waals surface area (Å²) in [7, 11) is 0. The van der Waals surface area contributed by atoms with E-state index in [4.69, 9.17) is 4.74 Å². The first-order valence-electron chi connectivity index (χ1n) is 8.12. The van der Waals surface area contributed by atoms with Crippen molar-refractivity contribution in [1.82, 2.24) is 4.98 Å². The summed E-state index contributed by atoms with van der Waals surface area (Å²) in [5.41, 5.74) is 0. The van der Waals surface area contributed by atoms with Crippen molar-refractivity contribution in [3.63, 3.8) is 0 Å². The SMILES string of the molecule is CCOC(=O)c1cnc(NC2C3CC4CC(C3)CC2C4)s1. The van der Waals surface area contributed by atoms with Crippen LogP contribution >= 0.6 is 11.3 Å². The number of hydrogen-bond acceptors (Lipinski definition) is 5. The predicted octanol–water partition coefficient (Wildman–Crippen LogP) is 3.56. The average Bonchev–Trinajstić information content (AvgIpc) is 2.91. The molecule has 0 aliphatic heterocycles. The van der Waals surface area contributed by atoms with Crippen molar-refractivity contribution in [1.29, 1.82) is 0 Å². The summed E-state index contributed by atoms with van der Waals surface area (Å²) in [6.45, 7) is 2.24. The number of nitrogens with zero attached hydrogens (tertiary/aromatic N) is 1. The van der Waals surface area contributed by atoms with Gasteiger partial charge in [0.05, 0.1) is 12.8 Å². The Bertz CT molecular complexity index is 514. The zero-order chi connectivity index (χ0) is 14.4. The van der Waals surface area contributed by atoms with Gasteiger partial charge in [0.15, 0.2) is 5.13 Å². The first-order valence-corrected chi connectivity index (χ1v) is 8.94. The van der Waals surface area contributed by atoms with Gasteiger partial charge < -0.3 is 10.1 Å². The summed E-state index contributed by atoms with van der Waals surface area (Å²) in [5, 5.41) is 4.53. The summed E-state index contributed by atoms with van der Waals surface area (Å²) in [5.74, 6) is 3.34. The lowest BCUT2D eigenvalue weighted by atomic mass is 9.54. The highest BCUT2D eigenvalue weighted by Crippen LogP contribution is 2.54. The highest BCUT2D eigenvalue weighted by Gasteiger charge is 2.48. The van der Waals surface area contributed by atoms with E-state index in [1.807, 2.05) is 6.92 Å². The van der Waals surface area contributed by atoms with Gasteiger partial charge in [-0.1, -0.05) is 11.3 Å². The Hall–Kier alpha value is -1.10. The molecule has 5 heteroatoms. The number of carbonyl (C=O) groups is 1. The molecule has 4 aliphatic rings. The third-order valence-corrected chi connectivity index (χ3v) is 6.41. The van der Waals surface area contributed by atoms with Gasteiger partial charge in [-0.3, -0.25) is 0 Å². The van der Waals surface area contributed by atoms with Crippen LogP contribution in [0.4, 0.5) is 5.13 Å². The first-order chi connectivity index (χ1) is 10.2. The number of esters is 1. The molecule has 0 aromatic carbocycles. The smallest absolute Gasteiger partial charge is 0.350 e. The van der Waals surface area contributed by atoms with Gasteiger partial charge >= 0.3 is 5.97 Å². The number of carbonyl (C=O) groups excluding carboxylic acids is 1. The van der Waals surface area contributed by atoms with E-state index in [-0.39, 0.29) is 5.97 Å². The van der Waals surface area contributed by atoms with E-state index in [2.05, 4.69) is 10.3 Å². The minimum atomic E-state index is -0.256. The third-order valence-electron chi connectivity index (χ3n) is 5.50. The Morgan fingerprint density at radius 1 is 1.29 bits per heavy atom. The Labute approximate surface area is 129 Å². The quantitative estimate of drug-likeness (QED) is 0.864. The topological polar surface area (TPSA) is 51.2 Å². The summed E-state index contributed by atoms with van der Waals surface area (Å²) >= 11 is 1.43. The van der Waals surface area contributed by atoms with Crippen LogP contribution in [0.1, 0.15) is 48.7 Å². The Morgan fingerprint density at radius 2 is 1.95 bits per heavy atom. The molecule has 0 saturated heterocycles. The summed E-state index contributed by atoms with van der Waals surface area (Å²) in [6, 6.07) is 0.569. The van der Waals surface area contributed by atoms with Crippen LogP contribution in [-0.2, 0) is 4.74 Å². The number of rotatable bonds is 4. The van der Waals surface area contributed by atoms with Crippen LogP contribution in [-0.4, -0.2) is 23.6 Å². The molecule has 1 N–H and O–H groups in total. The van der Waals surface area contributed by atoms with Gasteiger partial charge in [0, 0.05) is 6.04 Å². The van der Waals surface area contributed by atoms with Gasteiger partial charge in [0.25, 0.3) is 0 Å². The Balaban J connectivity index is 1.45. The molecule has 5 rings (SSSR count). The fourth-order valence-corrected chi connectivity index (χ4v) is 5.70. The Kier molecular flexibility index (Phi) is 3.40. The van der Waals surface area contributed by atoms with Crippen molar-refractivity contribution >= 4 is 22.4 Å². The van der Waals surface area contributed by atoms with E-state index < -0.39 is 0 Å². The molecule has 1 aromatic heterocycles. The zero-order valence-electron chi connectivity index (χ0n) is 12.4. The van der Waals surface area contributed by atoms with Gasteiger partial charge in [-0.15, -0.1) is 0 Å². The van der Waals surface area contributed by atoms with Crippen molar-refractivity contribution < 1.29 is 9.53 Å². The molecule has 4 bridgehead atoms. The monoisotopic (exact) mass is 306 g/mol.